The topological polar surface area (TPSA) is 115 Å². The summed E-state index contributed by atoms with van der Waals surface area (Å²) in [6.45, 7) is 4.15. The number of ether oxygens (including phenoxy) is 1. The highest BCUT2D eigenvalue weighted by Gasteiger charge is 2.23. The molecule has 0 saturated carbocycles. The molecule has 0 bridgehead atoms. The number of sulfone groups is 1. The summed E-state index contributed by atoms with van der Waals surface area (Å²) >= 11 is 6.08. The first-order valence-corrected chi connectivity index (χ1v) is 12.6. The lowest BCUT2D eigenvalue weighted by Crippen LogP contribution is -2.18. The molecule has 1 heterocycles. The summed E-state index contributed by atoms with van der Waals surface area (Å²) in [5.74, 6) is -1.47. The van der Waals surface area contributed by atoms with E-state index in [0.29, 0.717) is 23.4 Å². The van der Waals surface area contributed by atoms with E-state index in [1.165, 1.54) is 24.3 Å². The summed E-state index contributed by atoms with van der Waals surface area (Å²) in [4.78, 5) is 32.5. The number of unbranched alkanes of at least 4 members (excludes halogenated alkanes) is 1. The number of anilines is 1. The Balaban J connectivity index is 1.75. The molecule has 2 aromatic carbocycles. The number of benzene rings is 2. The minimum absolute atomic E-state index is 0.0940. The van der Waals surface area contributed by atoms with Crippen LogP contribution in [0.3, 0.4) is 0 Å². The molecule has 34 heavy (non-hydrogen) atoms. The second-order valence-electron chi connectivity index (χ2n) is 7.56. The van der Waals surface area contributed by atoms with Crippen LogP contribution in [-0.4, -0.2) is 36.9 Å². The van der Waals surface area contributed by atoms with Crippen molar-refractivity contribution in [1.29, 1.82) is 0 Å². The van der Waals surface area contributed by atoms with Crippen LogP contribution >= 0.6 is 11.6 Å². The van der Waals surface area contributed by atoms with Crippen LogP contribution < -0.4 is 5.32 Å². The third-order valence-corrected chi connectivity index (χ3v) is 6.65. The van der Waals surface area contributed by atoms with Gasteiger partial charge in [0.1, 0.15) is 0 Å². The summed E-state index contributed by atoms with van der Waals surface area (Å²) < 4.78 is 30.9. The number of carbonyl (C=O) groups is 2. The zero-order valence-electron chi connectivity index (χ0n) is 18.7. The highest BCUT2D eigenvalue weighted by atomic mass is 35.5. The number of nitrogens with zero attached hydrogens (tertiary/aromatic N) is 2. The molecule has 0 atom stereocenters. The van der Waals surface area contributed by atoms with Crippen LogP contribution in [0.25, 0.3) is 0 Å². The Kier molecular flexibility index (Phi) is 8.36. The Labute approximate surface area is 203 Å². The molecule has 0 spiro atoms. The predicted molar refractivity (Wildman–Crippen MR) is 129 cm³/mol. The highest BCUT2D eigenvalue weighted by Crippen LogP contribution is 2.20. The molecule has 178 valence electrons. The van der Waals surface area contributed by atoms with Gasteiger partial charge in [-0.1, -0.05) is 49.2 Å². The minimum atomic E-state index is -3.92. The quantitative estimate of drug-likeness (QED) is 0.258. The number of amides is 1. The first-order valence-electron chi connectivity index (χ1n) is 10.6. The number of carbonyl (C=O) groups excluding carboxylic acids is 2. The summed E-state index contributed by atoms with van der Waals surface area (Å²) in [6.07, 6.45) is 2.78. The number of aryl methyl sites for hydroxylation is 1. The molecule has 10 heteroatoms. The molecule has 0 unspecified atom stereocenters. The van der Waals surface area contributed by atoms with Gasteiger partial charge in [-0.25, -0.2) is 23.2 Å². The fourth-order valence-electron chi connectivity index (χ4n) is 2.97. The van der Waals surface area contributed by atoms with Crippen LogP contribution in [0.5, 0.6) is 0 Å². The SMILES string of the molecule is CCCCOC(=O)c1ccc(NC(=O)c2nc(S(=O)(=O)Cc3ccccc3C)ncc2Cl)cc1. The van der Waals surface area contributed by atoms with Crippen molar-refractivity contribution < 1.29 is 22.7 Å². The van der Waals surface area contributed by atoms with E-state index in [1.807, 2.05) is 26.0 Å². The molecule has 0 aliphatic carbocycles. The lowest BCUT2D eigenvalue weighted by Gasteiger charge is -2.10. The summed E-state index contributed by atoms with van der Waals surface area (Å²) in [6, 6.07) is 13.2. The maximum absolute atomic E-state index is 12.9. The average Bonchev–Trinajstić information content (AvgIpc) is 2.81. The minimum Gasteiger partial charge on any atom is -0.462 e. The summed E-state index contributed by atoms with van der Waals surface area (Å²) in [7, 11) is -3.92. The Morgan fingerprint density at radius 1 is 1.09 bits per heavy atom. The normalized spacial score (nSPS) is 11.1. The molecule has 3 rings (SSSR count). The lowest BCUT2D eigenvalue weighted by atomic mass is 10.1. The number of esters is 1. The lowest BCUT2D eigenvalue weighted by molar-refractivity contribution is 0.0499. The highest BCUT2D eigenvalue weighted by molar-refractivity contribution is 7.90. The third-order valence-electron chi connectivity index (χ3n) is 4.93. The average molecular weight is 502 g/mol. The summed E-state index contributed by atoms with van der Waals surface area (Å²) in [5, 5.41) is 2.01. The molecule has 0 aliphatic rings. The van der Waals surface area contributed by atoms with Crippen LogP contribution in [0.15, 0.2) is 59.9 Å². The van der Waals surface area contributed by atoms with Gasteiger partial charge in [-0.2, -0.15) is 0 Å². The van der Waals surface area contributed by atoms with Gasteiger partial charge >= 0.3 is 5.97 Å². The van der Waals surface area contributed by atoms with Crippen molar-refractivity contribution in [1.82, 2.24) is 9.97 Å². The Bertz CT molecular complexity index is 1290. The molecule has 0 fully saturated rings. The van der Waals surface area contributed by atoms with Gasteiger partial charge in [-0.3, -0.25) is 4.79 Å². The van der Waals surface area contributed by atoms with Crippen LogP contribution in [0.4, 0.5) is 5.69 Å². The molecule has 0 radical (unpaired) electrons. The molecular weight excluding hydrogens is 478 g/mol. The number of aromatic nitrogens is 2. The summed E-state index contributed by atoms with van der Waals surface area (Å²) in [5.41, 5.74) is 1.87. The number of hydrogen-bond acceptors (Lipinski definition) is 7. The van der Waals surface area contributed by atoms with Crippen molar-refractivity contribution >= 4 is 39.0 Å². The van der Waals surface area contributed by atoms with E-state index in [1.54, 1.807) is 12.1 Å². The van der Waals surface area contributed by atoms with E-state index >= 15 is 0 Å². The van der Waals surface area contributed by atoms with Gasteiger partial charge in [0.15, 0.2) is 5.69 Å². The third kappa shape index (κ3) is 6.39. The van der Waals surface area contributed by atoms with Crippen molar-refractivity contribution in [3.05, 3.63) is 82.1 Å². The molecule has 0 aliphatic heterocycles. The Hall–Kier alpha value is -3.30. The van der Waals surface area contributed by atoms with E-state index in [2.05, 4.69) is 15.3 Å². The molecule has 8 nitrogen and oxygen atoms in total. The standard InChI is InChI=1S/C24H24ClN3O5S/c1-3-4-13-33-23(30)17-9-11-19(12-10-17)27-22(29)21-20(25)14-26-24(28-21)34(31,32)15-18-8-6-5-7-16(18)2/h5-12,14H,3-4,13,15H2,1-2H3,(H,27,29). The predicted octanol–water partition coefficient (Wildman–Crippen LogP) is 4.62. The van der Waals surface area contributed by atoms with Crippen LogP contribution in [0.1, 0.15) is 51.7 Å². The van der Waals surface area contributed by atoms with Crippen molar-refractivity contribution in [2.24, 2.45) is 0 Å². The number of nitrogens with one attached hydrogen (secondary N) is 1. The van der Waals surface area contributed by atoms with Gasteiger partial charge in [0, 0.05) is 5.69 Å². The first-order chi connectivity index (χ1) is 16.2. The zero-order chi connectivity index (χ0) is 24.7. The smallest absolute Gasteiger partial charge is 0.338 e. The van der Waals surface area contributed by atoms with Crippen LogP contribution in [-0.2, 0) is 20.3 Å². The van der Waals surface area contributed by atoms with Gasteiger partial charge in [0.25, 0.3) is 5.91 Å². The maximum Gasteiger partial charge on any atom is 0.338 e. The first kappa shape index (κ1) is 25.3. The van der Waals surface area contributed by atoms with Crippen LogP contribution in [0.2, 0.25) is 5.02 Å². The number of rotatable bonds is 9. The second-order valence-corrected chi connectivity index (χ2v) is 9.85. The second kappa shape index (κ2) is 11.2. The van der Waals surface area contributed by atoms with Crippen molar-refractivity contribution in [2.45, 2.75) is 37.6 Å². The van der Waals surface area contributed by atoms with Gasteiger partial charge in [-0.05, 0) is 48.7 Å². The zero-order valence-corrected chi connectivity index (χ0v) is 20.3. The fourth-order valence-corrected chi connectivity index (χ4v) is 4.46. The van der Waals surface area contributed by atoms with E-state index in [4.69, 9.17) is 16.3 Å². The van der Waals surface area contributed by atoms with Gasteiger partial charge in [0.05, 0.1) is 29.1 Å². The molecular formula is C24H24ClN3O5S. The monoisotopic (exact) mass is 501 g/mol. The van der Waals surface area contributed by atoms with Crippen molar-refractivity contribution in [2.75, 3.05) is 11.9 Å². The van der Waals surface area contributed by atoms with Crippen molar-refractivity contribution in [3.63, 3.8) is 0 Å². The van der Waals surface area contributed by atoms with E-state index in [-0.39, 0.29) is 16.5 Å². The molecule has 1 N–H and O–H groups in total. The number of halogens is 1. The Morgan fingerprint density at radius 3 is 2.47 bits per heavy atom. The Morgan fingerprint density at radius 2 is 1.79 bits per heavy atom. The maximum atomic E-state index is 12.9. The largest absolute Gasteiger partial charge is 0.462 e. The van der Waals surface area contributed by atoms with Gasteiger partial charge in [-0.15, -0.1) is 0 Å². The molecule has 0 saturated heterocycles. The van der Waals surface area contributed by atoms with Gasteiger partial charge in [0.2, 0.25) is 15.0 Å². The molecule has 3 aromatic rings. The number of hydrogen-bond donors (Lipinski definition) is 1. The van der Waals surface area contributed by atoms with Crippen LogP contribution in [0, 0.1) is 6.92 Å². The van der Waals surface area contributed by atoms with Crippen molar-refractivity contribution in [3.8, 4) is 0 Å². The van der Waals surface area contributed by atoms with E-state index in [0.717, 1.165) is 24.6 Å². The van der Waals surface area contributed by atoms with E-state index < -0.39 is 26.9 Å². The van der Waals surface area contributed by atoms with E-state index in [9.17, 15) is 18.0 Å². The van der Waals surface area contributed by atoms with Gasteiger partial charge < -0.3 is 10.1 Å². The fraction of sp³-hybridized carbons (Fsp3) is 0.250. The molecule has 1 amide bonds. The molecule has 1 aromatic heterocycles.